The van der Waals surface area contributed by atoms with Gasteiger partial charge in [0.2, 0.25) is 5.91 Å². The molecule has 92 valence electrons. The number of rotatable bonds is 2. The van der Waals surface area contributed by atoms with E-state index in [1.165, 1.54) is 12.0 Å². The Balaban J connectivity index is 2.04. The number of hydrogen-bond donors (Lipinski definition) is 2. The van der Waals surface area contributed by atoms with Gasteiger partial charge in [0.25, 0.3) is 0 Å². The molecule has 0 radical (unpaired) electrons. The first kappa shape index (κ1) is 12.1. The van der Waals surface area contributed by atoms with Gasteiger partial charge in [0.05, 0.1) is 6.04 Å². The Morgan fingerprint density at radius 2 is 2.18 bits per heavy atom. The highest BCUT2D eigenvalue weighted by molar-refractivity contribution is 5.95. The van der Waals surface area contributed by atoms with Gasteiger partial charge in [-0.05, 0) is 50.4 Å². The van der Waals surface area contributed by atoms with Crippen LogP contribution in [0, 0.1) is 13.8 Å². The van der Waals surface area contributed by atoms with Crippen molar-refractivity contribution >= 4 is 11.6 Å². The first-order chi connectivity index (χ1) is 8.18. The van der Waals surface area contributed by atoms with Crippen molar-refractivity contribution in [2.75, 3.05) is 11.9 Å². The number of amides is 1. The zero-order chi connectivity index (χ0) is 12.3. The van der Waals surface area contributed by atoms with Crippen molar-refractivity contribution in [3.63, 3.8) is 0 Å². The fourth-order valence-corrected chi connectivity index (χ4v) is 2.18. The fourth-order valence-electron chi connectivity index (χ4n) is 2.18. The lowest BCUT2D eigenvalue weighted by atomic mass is 10.0. The second kappa shape index (κ2) is 5.32. The molecule has 1 aromatic rings. The molecule has 0 bridgehead atoms. The van der Waals surface area contributed by atoms with Gasteiger partial charge < -0.3 is 10.6 Å². The van der Waals surface area contributed by atoms with Crippen LogP contribution >= 0.6 is 0 Å². The van der Waals surface area contributed by atoms with Crippen LogP contribution < -0.4 is 10.6 Å². The van der Waals surface area contributed by atoms with Gasteiger partial charge in [-0.25, -0.2) is 0 Å². The lowest BCUT2D eigenvalue weighted by Gasteiger charge is -2.23. The van der Waals surface area contributed by atoms with Crippen LogP contribution in [-0.4, -0.2) is 18.5 Å². The molecule has 1 amide bonds. The second-order valence-electron chi connectivity index (χ2n) is 4.74. The lowest BCUT2D eigenvalue weighted by Crippen LogP contribution is -2.43. The Kier molecular flexibility index (Phi) is 3.79. The van der Waals surface area contributed by atoms with Gasteiger partial charge in [-0.15, -0.1) is 0 Å². The van der Waals surface area contributed by atoms with E-state index in [0.29, 0.717) is 0 Å². The molecule has 1 aliphatic rings. The summed E-state index contributed by atoms with van der Waals surface area (Å²) in [6.07, 6.45) is 3.25. The first-order valence-corrected chi connectivity index (χ1v) is 6.29. The molecule has 3 nitrogen and oxygen atoms in total. The molecular weight excluding hydrogens is 212 g/mol. The average molecular weight is 232 g/mol. The van der Waals surface area contributed by atoms with Crippen molar-refractivity contribution in [1.82, 2.24) is 5.32 Å². The minimum atomic E-state index is -0.0244. The van der Waals surface area contributed by atoms with Crippen molar-refractivity contribution < 1.29 is 4.79 Å². The van der Waals surface area contributed by atoms with E-state index in [1.54, 1.807) is 0 Å². The molecule has 0 aromatic heterocycles. The minimum absolute atomic E-state index is 0.0244. The summed E-state index contributed by atoms with van der Waals surface area (Å²) >= 11 is 0. The van der Waals surface area contributed by atoms with Gasteiger partial charge >= 0.3 is 0 Å². The van der Waals surface area contributed by atoms with Crippen LogP contribution in [0.4, 0.5) is 5.69 Å². The Bertz CT molecular complexity index is 409. The van der Waals surface area contributed by atoms with Gasteiger partial charge in [0, 0.05) is 5.69 Å². The zero-order valence-corrected chi connectivity index (χ0v) is 10.5. The van der Waals surface area contributed by atoms with Gasteiger partial charge in [-0.2, -0.15) is 0 Å². The van der Waals surface area contributed by atoms with Gasteiger partial charge in [-0.1, -0.05) is 18.6 Å². The third-order valence-corrected chi connectivity index (χ3v) is 3.49. The Morgan fingerprint density at radius 1 is 1.35 bits per heavy atom. The third-order valence-electron chi connectivity index (χ3n) is 3.49. The summed E-state index contributed by atoms with van der Waals surface area (Å²) in [6, 6.07) is 5.97. The largest absolute Gasteiger partial charge is 0.324 e. The number of nitrogens with one attached hydrogen (secondary N) is 2. The number of carbonyl (C=O) groups is 1. The second-order valence-corrected chi connectivity index (χ2v) is 4.74. The van der Waals surface area contributed by atoms with E-state index in [2.05, 4.69) is 23.6 Å². The molecule has 0 aliphatic carbocycles. The Morgan fingerprint density at radius 3 is 2.88 bits per heavy atom. The van der Waals surface area contributed by atoms with Crippen LogP contribution in [0.15, 0.2) is 18.2 Å². The molecule has 3 heteroatoms. The predicted molar refractivity (Wildman–Crippen MR) is 70.2 cm³/mol. The monoisotopic (exact) mass is 232 g/mol. The van der Waals surface area contributed by atoms with E-state index < -0.39 is 0 Å². The van der Waals surface area contributed by atoms with Crippen molar-refractivity contribution in [1.29, 1.82) is 0 Å². The van der Waals surface area contributed by atoms with Gasteiger partial charge in [0.1, 0.15) is 0 Å². The number of carbonyl (C=O) groups excluding carboxylic acids is 1. The molecule has 1 fully saturated rings. The zero-order valence-electron chi connectivity index (χ0n) is 10.5. The highest BCUT2D eigenvalue weighted by Gasteiger charge is 2.20. The SMILES string of the molecule is Cc1cccc(NC(=O)C2CCCCN2)c1C. The summed E-state index contributed by atoms with van der Waals surface area (Å²) in [5.41, 5.74) is 3.29. The highest BCUT2D eigenvalue weighted by atomic mass is 16.2. The maximum absolute atomic E-state index is 12.1. The molecule has 1 aromatic carbocycles. The summed E-state index contributed by atoms with van der Waals surface area (Å²) in [6.45, 7) is 5.05. The molecule has 0 saturated carbocycles. The molecular formula is C14H20N2O. The van der Waals surface area contributed by atoms with E-state index >= 15 is 0 Å². The highest BCUT2D eigenvalue weighted by Crippen LogP contribution is 2.19. The molecule has 2 N–H and O–H groups in total. The molecule has 1 aliphatic heterocycles. The quantitative estimate of drug-likeness (QED) is 0.822. The maximum atomic E-state index is 12.1. The number of anilines is 1. The Hall–Kier alpha value is -1.35. The molecule has 1 atom stereocenters. The minimum Gasteiger partial charge on any atom is -0.324 e. The summed E-state index contributed by atoms with van der Waals surface area (Å²) < 4.78 is 0. The van der Waals surface area contributed by atoms with Crippen LogP contribution in [0.2, 0.25) is 0 Å². The molecule has 2 rings (SSSR count). The summed E-state index contributed by atoms with van der Waals surface area (Å²) in [7, 11) is 0. The van der Waals surface area contributed by atoms with Crippen molar-refractivity contribution in [2.24, 2.45) is 0 Å². The smallest absolute Gasteiger partial charge is 0.241 e. The fraction of sp³-hybridized carbons (Fsp3) is 0.500. The average Bonchev–Trinajstić information content (AvgIpc) is 2.36. The van der Waals surface area contributed by atoms with Crippen LogP contribution in [-0.2, 0) is 4.79 Å². The summed E-state index contributed by atoms with van der Waals surface area (Å²) in [4.78, 5) is 12.1. The van der Waals surface area contributed by atoms with Crippen LogP contribution in [0.3, 0.4) is 0 Å². The molecule has 1 heterocycles. The van der Waals surface area contributed by atoms with Crippen molar-refractivity contribution in [2.45, 2.75) is 39.2 Å². The van der Waals surface area contributed by atoms with Gasteiger partial charge in [0.15, 0.2) is 0 Å². The number of benzene rings is 1. The summed E-state index contributed by atoms with van der Waals surface area (Å²) in [5.74, 6) is 0.0957. The number of aryl methyl sites for hydroxylation is 1. The molecule has 1 unspecified atom stereocenters. The molecule has 1 saturated heterocycles. The third kappa shape index (κ3) is 2.86. The number of piperidine rings is 1. The van der Waals surface area contributed by atoms with E-state index in [9.17, 15) is 4.79 Å². The van der Waals surface area contributed by atoms with Crippen LogP contribution in [0.1, 0.15) is 30.4 Å². The molecule has 0 spiro atoms. The van der Waals surface area contributed by atoms with E-state index in [0.717, 1.165) is 30.6 Å². The van der Waals surface area contributed by atoms with E-state index in [1.807, 2.05) is 19.1 Å². The normalized spacial score (nSPS) is 20.0. The standard InChI is InChI=1S/C14H20N2O/c1-10-6-5-8-12(11(10)2)16-14(17)13-7-3-4-9-15-13/h5-6,8,13,15H,3-4,7,9H2,1-2H3,(H,16,17). The first-order valence-electron chi connectivity index (χ1n) is 6.29. The van der Waals surface area contributed by atoms with Crippen LogP contribution in [0.25, 0.3) is 0 Å². The number of hydrogen-bond acceptors (Lipinski definition) is 2. The predicted octanol–water partition coefficient (Wildman–Crippen LogP) is 2.38. The van der Waals surface area contributed by atoms with E-state index in [4.69, 9.17) is 0 Å². The van der Waals surface area contributed by atoms with Gasteiger partial charge in [-0.3, -0.25) is 4.79 Å². The van der Waals surface area contributed by atoms with Crippen molar-refractivity contribution in [3.05, 3.63) is 29.3 Å². The topological polar surface area (TPSA) is 41.1 Å². The van der Waals surface area contributed by atoms with E-state index in [-0.39, 0.29) is 11.9 Å². The summed E-state index contributed by atoms with van der Waals surface area (Å²) in [5, 5.41) is 6.28. The maximum Gasteiger partial charge on any atom is 0.241 e. The van der Waals surface area contributed by atoms with Crippen LogP contribution in [0.5, 0.6) is 0 Å². The molecule has 17 heavy (non-hydrogen) atoms. The van der Waals surface area contributed by atoms with Crippen molar-refractivity contribution in [3.8, 4) is 0 Å². The lowest BCUT2D eigenvalue weighted by molar-refractivity contribution is -0.118. The Labute approximate surface area is 103 Å².